The van der Waals surface area contributed by atoms with Gasteiger partial charge in [-0.3, -0.25) is 9.52 Å². The number of carbonyl (C=O) groups excluding carboxylic acids is 1. The molecule has 1 aromatic carbocycles. The first kappa shape index (κ1) is 15.0. The molecular formula is C13H13NO6S. The number of nitrogens with one attached hydrogen (secondary N) is 1. The highest BCUT2D eigenvalue weighted by atomic mass is 32.2. The van der Waals surface area contributed by atoms with Crippen LogP contribution < -0.4 is 15.1 Å². The number of amides is 1. The van der Waals surface area contributed by atoms with Crippen LogP contribution in [0.1, 0.15) is 5.56 Å². The maximum absolute atomic E-state index is 11.3. The van der Waals surface area contributed by atoms with Gasteiger partial charge in [0.25, 0.3) is 5.91 Å². The predicted molar refractivity (Wildman–Crippen MR) is 75.7 cm³/mol. The topological polar surface area (TPSA) is 103 Å². The summed E-state index contributed by atoms with van der Waals surface area (Å²) < 4.78 is 33.8. The van der Waals surface area contributed by atoms with Gasteiger partial charge in [0, 0.05) is 11.5 Å². The maximum atomic E-state index is 11.3. The third-order valence-corrected chi connectivity index (χ3v) is 3.19. The minimum atomic E-state index is -3.60. The molecule has 0 aliphatic rings. The molecule has 0 bridgehead atoms. The van der Waals surface area contributed by atoms with Gasteiger partial charge in [0.05, 0.1) is 6.26 Å². The number of hydrogen-bond acceptors (Lipinski definition) is 6. The van der Waals surface area contributed by atoms with Crippen LogP contribution in [-0.4, -0.2) is 27.2 Å². The van der Waals surface area contributed by atoms with Crippen LogP contribution >= 0.6 is 0 Å². The molecule has 0 aliphatic carbocycles. The zero-order chi connectivity index (χ0) is 15.6. The number of fused-ring (bicyclic) bond motifs is 1. The molecule has 0 fully saturated rings. The zero-order valence-electron chi connectivity index (χ0n) is 11.4. The van der Waals surface area contributed by atoms with E-state index in [-0.39, 0.29) is 0 Å². The molecule has 0 aliphatic heterocycles. The fourth-order valence-corrected chi connectivity index (χ4v) is 2.25. The molecule has 1 amide bonds. The number of ether oxygens (including phenoxy) is 1. The van der Waals surface area contributed by atoms with E-state index >= 15 is 0 Å². The molecule has 1 heterocycles. The summed E-state index contributed by atoms with van der Waals surface area (Å²) in [6, 6.07) is 6.04. The average Bonchev–Trinajstić information content (AvgIpc) is 2.34. The number of carbonyl (C=O) groups is 1. The van der Waals surface area contributed by atoms with E-state index in [1.807, 2.05) is 0 Å². The van der Waals surface area contributed by atoms with Gasteiger partial charge in [-0.2, -0.15) is 0 Å². The van der Waals surface area contributed by atoms with Crippen LogP contribution in [-0.2, 0) is 14.8 Å². The molecule has 21 heavy (non-hydrogen) atoms. The van der Waals surface area contributed by atoms with Gasteiger partial charge in [-0.05, 0) is 30.7 Å². The molecule has 0 spiro atoms. The summed E-state index contributed by atoms with van der Waals surface area (Å²) in [7, 11) is -3.60. The lowest BCUT2D eigenvalue weighted by atomic mass is 10.1. The van der Waals surface area contributed by atoms with Crippen molar-refractivity contribution in [2.45, 2.75) is 6.92 Å². The highest BCUT2D eigenvalue weighted by Gasteiger charge is 2.10. The normalized spacial score (nSPS) is 11.3. The van der Waals surface area contributed by atoms with E-state index in [1.54, 1.807) is 23.8 Å². The second kappa shape index (κ2) is 5.57. The molecule has 0 saturated carbocycles. The maximum Gasteiger partial charge on any atom is 0.336 e. The standard InChI is InChI=1S/C13H13NO6S/c1-8-5-13(16)20-11-4-3-9(6-10(8)11)19-7-12(15)14-21(2,17)18/h3-6H,7H2,1-2H3,(H,14,15). The largest absolute Gasteiger partial charge is 0.484 e. The van der Waals surface area contributed by atoms with E-state index in [4.69, 9.17) is 9.15 Å². The van der Waals surface area contributed by atoms with Crippen molar-refractivity contribution in [3.63, 3.8) is 0 Å². The number of hydrogen-bond donors (Lipinski definition) is 1. The molecular weight excluding hydrogens is 298 g/mol. The third-order valence-electron chi connectivity index (χ3n) is 2.59. The SMILES string of the molecule is Cc1cc(=O)oc2ccc(OCC(=O)NS(C)(=O)=O)cc12. The number of rotatable bonds is 4. The van der Waals surface area contributed by atoms with Gasteiger partial charge in [-0.1, -0.05) is 0 Å². The van der Waals surface area contributed by atoms with Crippen LogP contribution in [0.5, 0.6) is 5.75 Å². The Morgan fingerprint density at radius 1 is 1.33 bits per heavy atom. The Labute approximate surface area is 120 Å². The molecule has 1 aromatic heterocycles. The van der Waals surface area contributed by atoms with E-state index < -0.39 is 28.2 Å². The van der Waals surface area contributed by atoms with Gasteiger partial charge in [-0.15, -0.1) is 0 Å². The van der Waals surface area contributed by atoms with Gasteiger partial charge in [0.2, 0.25) is 10.0 Å². The van der Waals surface area contributed by atoms with Crippen molar-refractivity contribution >= 4 is 26.9 Å². The Morgan fingerprint density at radius 3 is 2.71 bits per heavy atom. The first-order valence-corrected chi connectivity index (χ1v) is 7.82. The van der Waals surface area contributed by atoms with Crippen LogP contribution in [0.3, 0.4) is 0 Å². The second-order valence-corrected chi connectivity index (χ2v) is 6.24. The van der Waals surface area contributed by atoms with Gasteiger partial charge in [0.1, 0.15) is 11.3 Å². The number of benzene rings is 1. The van der Waals surface area contributed by atoms with Crippen molar-refractivity contribution in [1.29, 1.82) is 0 Å². The van der Waals surface area contributed by atoms with Crippen molar-refractivity contribution in [1.82, 2.24) is 4.72 Å². The van der Waals surface area contributed by atoms with E-state index in [9.17, 15) is 18.0 Å². The lowest BCUT2D eigenvalue weighted by Crippen LogP contribution is -2.33. The van der Waals surface area contributed by atoms with Crippen molar-refractivity contribution in [2.24, 2.45) is 0 Å². The van der Waals surface area contributed by atoms with Crippen LogP contribution in [0.4, 0.5) is 0 Å². The average molecular weight is 311 g/mol. The fraction of sp³-hybridized carbons (Fsp3) is 0.231. The molecule has 0 atom stereocenters. The lowest BCUT2D eigenvalue weighted by molar-refractivity contribution is -0.121. The summed E-state index contributed by atoms with van der Waals surface area (Å²) >= 11 is 0. The summed E-state index contributed by atoms with van der Waals surface area (Å²) in [4.78, 5) is 22.6. The van der Waals surface area contributed by atoms with Crippen LogP contribution in [0.2, 0.25) is 0 Å². The zero-order valence-corrected chi connectivity index (χ0v) is 12.2. The predicted octanol–water partition coefficient (Wildman–Crippen LogP) is 0.556. The summed E-state index contributed by atoms with van der Waals surface area (Å²) in [5.41, 5.74) is 0.682. The van der Waals surface area contributed by atoms with E-state index in [1.165, 1.54) is 12.1 Å². The lowest BCUT2D eigenvalue weighted by Gasteiger charge is -2.07. The summed E-state index contributed by atoms with van der Waals surface area (Å²) in [6.45, 7) is 1.31. The first-order chi connectivity index (χ1) is 9.74. The summed E-state index contributed by atoms with van der Waals surface area (Å²) in [6.07, 6.45) is 0.881. The van der Waals surface area contributed by atoms with E-state index in [0.29, 0.717) is 22.3 Å². The Bertz CT molecular complexity index is 853. The van der Waals surface area contributed by atoms with Crippen molar-refractivity contribution in [3.05, 3.63) is 40.2 Å². The van der Waals surface area contributed by atoms with Crippen LogP contribution in [0, 0.1) is 6.92 Å². The molecule has 1 N–H and O–H groups in total. The molecule has 2 aromatic rings. The number of aryl methyl sites for hydroxylation is 1. The molecule has 0 saturated heterocycles. The second-order valence-electron chi connectivity index (χ2n) is 4.49. The Hall–Kier alpha value is -2.35. The van der Waals surface area contributed by atoms with E-state index in [2.05, 4.69) is 0 Å². The summed E-state index contributed by atoms with van der Waals surface area (Å²) in [5.74, 6) is -0.406. The molecule has 2 rings (SSSR count). The monoisotopic (exact) mass is 311 g/mol. The minimum absolute atomic E-state index is 0.364. The molecule has 7 nitrogen and oxygen atoms in total. The Kier molecular flexibility index (Phi) is 3.99. The quantitative estimate of drug-likeness (QED) is 0.827. The van der Waals surface area contributed by atoms with Gasteiger partial charge >= 0.3 is 5.63 Å². The van der Waals surface area contributed by atoms with Crippen LogP contribution in [0.25, 0.3) is 11.0 Å². The smallest absolute Gasteiger partial charge is 0.336 e. The Balaban J connectivity index is 2.17. The van der Waals surface area contributed by atoms with Crippen molar-refractivity contribution < 1.29 is 22.4 Å². The molecule has 8 heteroatoms. The van der Waals surface area contributed by atoms with Crippen LogP contribution in [0.15, 0.2) is 33.5 Å². The van der Waals surface area contributed by atoms with E-state index in [0.717, 1.165) is 6.26 Å². The molecule has 0 unspecified atom stereocenters. The Morgan fingerprint density at radius 2 is 2.05 bits per heavy atom. The van der Waals surface area contributed by atoms with Gasteiger partial charge in [0.15, 0.2) is 6.61 Å². The highest BCUT2D eigenvalue weighted by molar-refractivity contribution is 7.89. The minimum Gasteiger partial charge on any atom is -0.484 e. The molecule has 112 valence electrons. The third kappa shape index (κ3) is 4.06. The number of sulfonamides is 1. The first-order valence-electron chi connectivity index (χ1n) is 5.92. The van der Waals surface area contributed by atoms with Gasteiger partial charge in [-0.25, -0.2) is 13.2 Å². The van der Waals surface area contributed by atoms with Crippen molar-refractivity contribution in [2.75, 3.05) is 12.9 Å². The van der Waals surface area contributed by atoms with Gasteiger partial charge < -0.3 is 9.15 Å². The highest BCUT2D eigenvalue weighted by Crippen LogP contribution is 2.22. The fourth-order valence-electron chi connectivity index (χ4n) is 1.77. The van der Waals surface area contributed by atoms with Crippen molar-refractivity contribution in [3.8, 4) is 5.75 Å². The molecule has 0 radical (unpaired) electrons. The summed E-state index contributed by atoms with van der Waals surface area (Å²) in [5, 5.41) is 0.677.